The van der Waals surface area contributed by atoms with Crippen LogP contribution in [0.4, 0.5) is 0 Å². The summed E-state index contributed by atoms with van der Waals surface area (Å²) in [6.45, 7) is 0.474. The van der Waals surface area contributed by atoms with Crippen molar-refractivity contribution >= 4 is 34.3 Å². The van der Waals surface area contributed by atoms with E-state index < -0.39 is 12.1 Å². The summed E-state index contributed by atoms with van der Waals surface area (Å²) in [5, 5.41) is 1.67. The van der Waals surface area contributed by atoms with Crippen molar-refractivity contribution in [1.82, 2.24) is 14.8 Å². The average molecular weight is 530 g/mol. The van der Waals surface area contributed by atoms with E-state index in [1.54, 1.807) is 24.0 Å². The molecule has 2 aliphatic heterocycles. The van der Waals surface area contributed by atoms with E-state index in [9.17, 15) is 9.59 Å². The predicted octanol–water partition coefficient (Wildman–Crippen LogP) is 4.77. The van der Waals surface area contributed by atoms with Crippen LogP contribution in [0.3, 0.4) is 0 Å². The van der Waals surface area contributed by atoms with E-state index in [2.05, 4.69) is 11.1 Å². The number of amides is 2. The van der Waals surface area contributed by atoms with Crippen LogP contribution in [0, 0.1) is 0 Å². The minimum atomic E-state index is -0.586. The van der Waals surface area contributed by atoms with E-state index in [1.807, 2.05) is 60.7 Å². The summed E-state index contributed by atoms with van der Waals surface area (Å²) in [6.07, 6.45) is 1.07. The molecule has 2 atom stereocenters. The fourth-order valence-electron chi connectivity index (χ4n) is 5.84. The number of aromatic nitrogens is 1. The Hall–Kier alpha value is -3.97. The number of aromatic amines is 1. The maximum atomic E-state index is 13.9. The van der Waals surface area contributed by atoms with Crippen LogP contribution in [0.5, 0.6) is 11.5 Å². The van der Waals surface area contributed by atoms with Gasteiger partial charge < -0.3 is 24.3 Å². The van der Waals surface area contributed by atoms with Crippen LogP contribution in [0.2, 0.25) is 5.02 Å². The van der Waals surface area contributed by atoms with Crippen molar-refractivity contribution in [2.45, 2.75) is 24.9 Å². The Kier molecular flexibility index (Phi) is 6.24. The van der Waals surface area contributed by atoms with E-state index >= 15 is 0 Å². The smallest absolute Gasteiger partial charge is 0.246 e. The number of carbonyl (C=O) groups is 2. The summed E-state index contributed by atoms with van der Waals surface area (Å²) in [4.78, 5) is 34.6. The highest BCUT2D eigenvalue weighted by atomic mass is 35.5. The first-order chi connectivity index (χ1) is 18.5. The van der Waals surface area contributed by atoms with Crippen LogP contribution >= 0.6 is 11.6 Å². The van der Waals surface area contributed by atoms with Crippen molar-refractivity contribution < 1.29 is 19.1 Å². The highest BCUT2D eigenvalue weighted by Gasteiger charge is 2.48. The van der Waals surface area contributed by atoms with Gasteiger partial charge in [0.15, 0.2) is 11.5 Å². The van der Waals surface area contributed by atoms with Crippen LogP contribution in [-0.4, -0.2) is 59.9 Å². The van der Waals surface area contributed by atoms with Gasteiger partial charge in [0.2, 0.25) is 11.8 Å². The van der Waals surface area contributed by atoms with E-state index in [-0.39, 0.29) is 18.4 Å². The fourth-order valence-corrected chi connectivity index (χ4v) is 6.03. The zero-order chi connectivity index (χ0) is 26.4. The molecule has 1 fully saturated rings. The number of carbonyl (C=O) groups excluding carboxylic acids is 2. The molecule has 0 radical (unpaired) electrons. The molecule has 3 heterocycles. The molecule has 0 aliphatic carbocycles. The number of para-hydroxylation sites is 1. The second-order valence-electron chi connectivity index (χ2n) is 9.74. The largest absolute Gasteiger partial charge is 0.493 e. The second kappa shape index (κ2) is 9.72. The Bertz CT molecular complexity index is 1550. The van der Waals surface area contributed by atoms with Crippen molar-refractivity contribution in [3.63, 3.8) is 0 Å². The van der Waals surface area contributed by atoms with Gasteiger partial charge in [0.25, 0.3) is 0 Å². The number of fused-ring (bicyclic) bond motifs is 4. The topological polar surface area (TPSA) is 74.9 Å². The van der Waals surface area contributed by atoms with E-state index in [4.69, 9.17) is 21.1 Å². The van der Waals surface area contributed by atoms with Gasteiger partial charge >= 0.3 is 0 Å². The molecule has 8 heteroatoms. The molecular formula is C30H28ClN3O4. The first-order valence-corrected chi connectivity index (χ1v) is 13.0. The van der Waals surface area contributed by atoms with Crippen molar-refractivity contribution in [1.29, 1.82) is 0 Å². The SMILES string of the molecule is COc1ccc(CCN2CC(=O)N3C(Cc4c([nH]c5ccccc45)C3c3cccc(Cl)c3)C2=O)cc1OC. The van der Waals surface area contributed by atoms with Crippen molar-refractivity contribution in [2.75, 3.05) is 27.3 Å². The summed E-state index contributed by atoms with van der Waals surface area (Å²) in [5.41, 5.74) is 4.91. The van der Waals surface area contributed by atoms with Crippen molar-refractivity contribution in [3.05, 3.63) is 94.1 Å². The van der Waals surface area contributed by atoms with E-state index in [1.165, 1.54) is 0 Å². The number of hydrogen-bond acceptors (Lipinski definition) is 4. The van der Waals surface area contributed by atoms with E-state index in [0.717, 1.165) is 33.3 Å². The molecular weight excluding hydrogens is 502 g/mol. The van der Waals surface area contributed by atoms with Crippen LogP contribution < -0.4 is 9.47 Å². The number of benzene rings is 3. The molecule has 38 heavy (non-hydrogen) atoms. The van der Waals surface area contributed by atoms with Gasteiger partial charge in [-0.05, 0) is 53.4 Å². The third kappa shape index (κ3) is 4.07. The number of nitrogens with one attached hydrogen (secondary N) is 1. The number of ether oxygens (including phenoxy) is 2. The van der Waals surface area contributed by atoms with Gasteiger partial charge in [0.05, 0.1) is 26.8 Å². The number of H-pyrrole nitrogens is 1. The van der Waals surface area contributed by atoms with Crippen LogP contribution in [0.25, 0.3) is 10.9 Å². The molecule has 1 saturated heterocycles. The quantitative estimate of drug-likeness (QED) is 0.390. The molecule has 7 nitrogen and oxygen atoms in total. The Morgan fingerprint density at radius 3 is 2.58 bits per heavy atom. The monoisotopic (exact) mass is 529 g/mol. The summed E-state index contributed by atoms with van der Waals surface area (Å²) >= 11 is 6.37. The third-order valence-electron chi connectivity index (χ3n) is 7.63. The first kappa shape index (κ1) is 24.4. The molecule has 1 aromatic heterocycles. The van der Waals surface area contributed by atoms with Crippen molar-refractivity contribution in [2.24, 2.45) is 0 Å². The van der Waals surface area contributed by atoms with Gasteiger partial charge in [-0.15, -0.1) is 0 Å². The third-order valence-corrected chi connectivity index (χ3v) is 7.86. The van der Waals surface area contributed by atoms with Crippen molar-refractivity contribution in [3.8, 4) is 11.5 Å². The van der Waals surface area contributed by atoms with Gasteiger partial charge in [-0.25, -0.2) is 0 Å². The van der Waals surface area contributed by atoms with Crippen LogP contribution in [0.15, 0.2) is 66.7 Å². The van der Waals surface area contributed by atoms with Crippen LogP contribution in [0.1, 0.15) is 28.4 Å². The summed E-state index contributed by atoms with van der Waals surface area (Å²) in [5.74, 6) is 1.19. The molecule has 0 spiro atoms. The summed E-state index contributed by atoms with van der Waals surface area (Å²) in [6, 6.07) is 20.4. The number of rotatable bonds is 6. The maximum absolute atomic E-state index is 13.9. The maximum Gasteiger partial charge on any atom is 0.246 e. The average Bonchev–Trinajstić information content (AvgIpc) is 3.31. The molecule has 6 rings (SSSR count). The summed E-state index contributed by atoms with van der Waals surface area (Å²) in [7, 11) is 3.20. The molecule has 0 saturated carbocycles. The molecule has 1 N–H and O–H groups in total. The lowest BCUT2D eigenvalue weighted by Gasteiger charge is -2.47. The number of hydrogen-bond donors (Lipinski definition) is 1. The zero-order valence-electron chi connectivity index (χ0n) is 21.2. The lowest BCUT2D eigenvalue weighted by Crippen LogP contribution is -2.63. The molecule has 2 aliphatic rings. The number of halogens is 1. The normalized spacial score (nSPS) is 18.9. The highest BCUT2D eigenvalue weighted by molar-refractivity contribution is 6.30. The highest BCUT2D eigenvalue weighted by Crippen LogP contribution is 2.43. The Morgan fingerprint density at radius 2 is 1.79 bits per heavy atom. The molecule has 0 bridgehead atoms. The number of piperazine rings is 1. The Labute approximate surface area is 225 Å². The lowest BCUT2D eigenvalue weighted by molar-refractivity contribution is -0.158. The Balaban J connectivity index is 1.34. The van der Waals surface area contributed by atoms with Gasteiger partial charge in [0, 0.05) is 34.6 Å². The second-order valence-corrected chi connectivity index (χ2v) is 10.2. The molecule has 4 aromatic rings. The molecule has 194 valence electrons. The van der Waals surface area contributed by atoms with Gasteiger partial charge in [-0.3, -0.25) is 9.59 Å². The van der Waals surface area contributed by atoms with E-state index in [0.29, 0.717) is 35.9 Å². The minimum absolute atomic E-state index is 0.0342. The van der Waals surface area contributed by atoms with Gasteiger partial charge in [-0.2, -0.15) is 0 Å². The van der Waals surface area contributed by atoms with Gasteiger partial charge in [0.1, 0.15) is 6.04 Å². The lowest BCUT2D eigenvalue weighted by atomic mass is 9.86. The standard InChI is InChI=1S/C30H28ClN3O4/c1-37-25-11-10-18(14-26(25)38-2)12-13-33-17-27(35)34-24(30(33)36)16-22-21-8-3-4-9-23(21)32-28(22)29(34)19-6-5-7-20(31)15-19/h3-11,14-15,24,29,32H,12-13,16-17H2,1-2H3. The number of methoxy groups -OCH3 is 2. The van der Waals surface area contributed by atoms with Crippen LogP contribution in [-0.2, 0) is 22.4 Å². The van der Waals surface area contributed by atoms with Gasteiger partial charge in [-0.1, -0.05) is 48.0 Å². The molecule has 2 unspecified atom stereocenters. The number of nitrogens with zero attached hydrogens (tertiary/aromatic N) is 2. The Morgan fingerprint density at radius 1 is 0.974 bits per heavy atom. The first-order valence-electron chi connectivity index (χ1n) is 12.6. The molecule has 3 aromatic carbocycles. The zero-order valence-corrected chi connectivity index (χ0v) is 22.0. The molecule has 2 amide bonds. The fraction of sp³-hybridized carbons (Fsp3) is 0.267. The predicted molar refractivity (Wildman–Crippen MR) is 146 cm³/mol. The summed E-state index contributed by atoms with van der Waals surface area (Å²) < 4.78 is 10.8. The minimum Gasteiger partial charge on any atom is -0.493 e.